The molecule has 0 spiro atoms. The second kappa shape index (κ2) is 6.41. The van der Waals surface area contributed by atoms with Crippen molar-refractivity contribution < 1.29 is 10.1 Å². The standard InChI is InChI=1S/C12H26O2/c1-8(2)7-11(9(3)4)12(14-13)10(5)6/h8-13H,7H2,1-6H3. The fourth-order valence-electron chi connectivity index (χ4n) is 2.02. The van der Waals surface area contributed by atoms with E-state index in [4.69, 9.17) is 5.26 Å². The van der Waals surface area contributed by atoms with Gasteiger partial charge in [0.15, 0.2) is 0 Å². The molecule has 14 heavy (non-hydrogen) atoms. The van der Waals surface area contributed by atoms with Gasteiger partial charge >= 0.3 is 0 Å². The summed E-state index contributed by atoms with van der Waals surface area (Å²) >= 11 is 0. The van der Waals surface area contributed by atoms with Crippen LogP contribution in [0.4, 0.5) is 0 Å². The first-order chi connectivity index (χ1) is 6.40. The van der Waals surface area contributed by atoms with Crippen LogP contribution in [0.5, 0.6) is 0 Å². The summed E-state index contributed by atoms with van der Waals surface area (Å²) in [5, 5.41) is 8.93. The van der Waals surface area contributed by atoms with E-state index in [0.717, 1.165) is 6.42 Å². The lowest BCUT2D eigenvalue weighted by molar-refractivity contribution is -0.304. The third kappa shape index (κ3) is 4.43. The highest BCUT2D eigenvalue weighted by molar-refractivity contribution is 4.76. The van der Waals surface area contributed by atoms with Gasteiger partial charge in [-0.1, -0.05) is 41.5 Å². The van der Waals surface area contributed by atoms with Gasteiger partial charge in [0, 0.05) is 0 Å². The number of rotatable bonds is 6. The topological polar surface area (TPSA) is 29.5 Å². The average molecular weight is 202 g/mol. The summed E-state index contributed by atoms with van der Waals surface area (Å²) in [4.78, 5) is 4.64. The highest BCUT2D eigenvalue weighted by Gasteiger charge is 2.28. The Morgan fingerprint density at radius 1 is 0.929 bits per heavy atom. The molecule has 0 saturated heterocycles. The van der Waals surface area contributed by atoms with E-state index in [0.29, 0.717) is 23.7 Å². The van der Waals surface area contributed by atoms with Crippen molar-refractivity contribution >= 4 is 0 Å². The van der Waals surface area contributed by atoms with Crippen LogP contribution in [0.1, 0.15) is 48.0 Å². The quantitative estimate of drug-likeness (QED) is 0.524. The van der Waals surface area contributed by atoms with Crippen LogP contribution in [-0.4, -0.2) is 11.4 Å². The van der Waals surface area contributed by atoms with E-state index in [1.165, 1.54) is 0 Å². The Morgan fingerprint density at radius 2 is 1.43 bits per heavy atom. The summed E-state index contributed by atoms with van der Waals surface area (Å²) in [6, 6.07) is 0. The molecule has 86 valence electrons. The van der Waals surface area contributed by atoms with Crippen molar-refractivity contribution in [3.05, 3.63) is 0 Å². The van der Waals surface area contributed by atoms with Crippen molar-refractivity contribution in [2.45, 2.75) is 54.1 Å². The van der Waals surface area contributed by atoms with Gasteiger partial charge in [-0.2, -0.15) is 0 Å². The van der Waals surface area contributed by atoms with Crippen LogP contribution in [0.3, 0.4) is 0 Å². The summed E-state index contributed by atoms with van der Waals surface area (Å²) in [5.41, 5.74) is 0. The number of hydrogen-bond acceptors (Lipinski definition) is 2. The number of hydrogen-bond donors (Lipinski definition) is 1. The molecular formula is C12H26O2. The Labute approximate surface area is 88.6 Å². The lowest BCUT2D eigenvalue weighted by Gasteiger charge is -2.31. The first-order valence-electron chi connectivity index (χ1n) is 5.70. The molecule has 0 aliphatic rings. The molecule has 2 nitrogen and oxygen atoms in total. The molecule has 2 heteroatoms. The van der Waals surface area contributed by atoms with Crippen molar-refractivity contribution in [2.75, 3.05) is 0 Å². The summed E-state index contributed by atoms with van der Waals surface area (Å²) < 4.78 is 0. The van der Waals surface area contributed by atoms with E-state index in [1.807, 2.05) is 0 Å². The zero-order valence-corrected chi connectivity index (χ0v) is 10.4. The van der Waals surface area contributed by atoms with Crippen LogP contribution < -0.4 is 0 Å². The fourth-order valence-corrected chi connectivity index (χ4v) is 2.02. The van der Waals surface area contributed by atoms with Gasteiger partial charge in [-0.05, 0) is 30.1 Å². The lowest BCUT2D eigenvalue weighted by atomic mass is 9.79. The molecule has 0 aromatic rings. The van der Waals surface area contributed by atoms with Gasteiger partial charge in [0.1, 0.15) is 0 Å². The molecule has 0 fully saturated rings. The van der Waals surface area contributed by atoms with Gasteiger partial charge in [-0.25, -0.2) is 4.89 Å². The van der Waals surface area contributed by atoms with Gasteiger partial charge in [-0.3, -0.25) is 5.26 Å². The Bertz CT molecular complexity index is 141. The molecule has 0 aliphatic heterocycles. The molecule has 0 aromatic heterocycles. The van der Waals surface area contributed by atoms with Crippen molar-refractivity contribution in [1.82, 2.24) is 0 Å². The molecule has 0 aromatic carbocycles. The predicted octanol–water partition coefficient (Wildman–Crippen LogP) is 3.82. The van der Waals surface area contributed by atoms with Crippen LogP contribution in [0.2, 0.25) is 0 Å². The molecule has 0 radical (unpaired) electrons. The predicted molar refractivity (Wildman–Crippen MR) is 60.1 cm³/mol. The first kappa shape index (κ1) is 13.9. The highest BCUT2D eigenvalue weighted by atomic mass is 17.1. The molecule has 0 rings (SSSR count). The summed E-state index contributed by atoms with van der Waals surface area (Å²) in [6.07, 6.45) is 1.08. The molecule has 0 heterocycles. The Kier molecular flexibility index (Phi) is 6.38. The molecule has 1 N–H and O–H groups in total. The highest BCUT2D eigenvalue weighted by Crippen LogP contribution is 2.29. The van der Waals surface area contributed by atoms with E-state index in [2.05, 4.69) is 46.4 Å². The molecule has 0 amide bonds. The summed E-state index contributed by atoms with van der Waals surface area (Å²) in [7, 11) is 0. The van der Waals surface area contributed by atoms with Gasteiger partial charge in [0.05, 0.1) is 6.10 Å². The minimum absolute atomic E-state index is 0.0302. The lowest BCUT2D eigenvalue weighted by Crippen LogP contribution is -2.33. The van der Waals surface area contributed by atoms with Crippen LogP contribution in [-0.2, 0) is 4.89 Å². The fraction of sp³-hybridized carbons (Fsp3) is 1.00. The Morgan fingerprint density at radius 3 is 1.64 bits per heavy atom. The molecule has 0 saturated carbocycles. The minimum Gasteiger partial charge on any atom is -0.252 e. The van der Waals surface area contributed by atoms with Crippen molar-refractivity contribution in [3.8, 4) is 0 Å². The van der Waals surface area contributed by atoms with Crippen molar-refractivity contribution in [2.24, 2.45) is 23.7 Å². The third-order valence-corrected chi connectivity index (χ3v) is 2.80. The zero-order valence-electron chi connectivity index (χ0n) is 10.4. The molecule has 2 unspecified atom stereocenters. The summed E-state index contributed by atoms with van der Waals surface area (Å²) in [5.74, 6) is 2.02. The molecular weight excluding hydrogens is 176 g/mol. The van der Waals surface area contributed by atoms with Gasteiger partial charge in [0.2, 0.25) is 0 Å². The van der Waals surface area contributed by atoms with Gasteiger partial charge < -0.3 is 0 Å². The van der Waals surface area contributed by atoms with Crippen LogP contribution >= 0.6 is 0 Å². The van der Waals surface area contributed by atoms with Gasteiger partial charge in [0.25, 0.3) is 0 Å². The maximum Gasteiger partial charge on any atom is 0.0980 e. The monoisotopic (exact) mass is 202 g/mol. The normalized spacial score (nSPS) is 16.7. The Hall–Kier alpha value is -0.0800. The zero-order chi connectivity index (χ0) is 11.3. The first-order valence-corrected chi connectivity index (χ1v) is 5.70. The molecule has 0 bridgehead atoms. The van der Waals surface area contributed by atoms with Crippen molar-refractivity contribution in [3.63, 3.8) is 0 Å². The average Bonchev–Trinajstić information content (AvgIpc) is 2.02. The van der Waals surface area contributed by atoms with Crippen LogP contribution in [0.15, 0.2) is 0 Å². The molecule has 0 aliphatic carbocycles. The second-order valence-electron chi connectivity index (χ2n) is 5.35. The van der Waals surface area contributed by atoms with Crippen molar-refractivity contribution in [1.29, 1.82) is 0 Å². The van der Waals surface area contributed by atoms with E-state index >= 15 is 0 Å². The smallest absolute Gasteiger partial charge is 0.0980 e. The van der Waals surface area contributed by atoms with E-state index in [9.17, 15) is 0 Å². The Balaban J connectivity index is 4.44. The van der Waals surface area contributed by atoms with E-state index in [-0.39, 0.29) is 6.10 Å². The van der Waals surface area contributed by atoms with Crippen LogP contribution in [0, 0.1) is 23.7 Å². The second-order valence-corrected chi connectivity index (χ2v) is 5.35. The maximum atomic E-state index is 8.93. The van der Waals surface area contributed by atoms with E-state index in [1.54, 1.807) is 0 Å². The van der Waals surface area contributed by atoms with Gasteiger partial charge in [-0.15, -0.1) is 0 Å². The largest absolute Gasteiger partial charge is 0.252 e. The minimum atomic E-state index is -0.0302. The van der Waals surface area contributed by atoms with E-state index < -0.39 is 0 Å². The van der Waals surface area contributed by atoms with Crippen LogP contribution in [0.25, 0.3) is 0 Å². The summed E-state index contributed by atoms with van der Waals surface area (Å²) in [6.45, 7) is 13.0. The molecule has 2 atom stereocenters. The SMILES string of the molecule is CC(C)CC(C(C)C)C(OO)C(C)C. The maximum absolute atomic E-state index is 8.93. The third-order valence-electron chi connectivity index (χ3n) is 2.80.